The van der Waals surface area contributed by atoms with E-state index >= 15 is 0 Å². The average molecular weight is 280 g/mol. The van der Waals surface area contributed by atoms with Crippen LogP contribution < -0.4 is 5.32 Å². The second kappa shape index (κ2) is 5.15. The normalized spacial score (nSPS) is 23.9. The lowest BCUT2D eigenvalue weighted by Gasteiger charge is -2.36. The molecule has 2 rings (SSSR count). The molecule has 0 saturated heterocycles. The number of halogens is 1. The van der Waals surface area contributed by atoms with Gasteiger partial charge < -0.3 is 5.32 Å². The Balaban J connectivity index is 1.82. The third-order valence-electron chi connectivity index (χ3n) is 3.15. The van der Waals surface area contributed by atoms with E-state index in [4.69, 9.17) is 0 Å². The van der Waals surface area contributed by atoms with Gasteiger partial charge in [0.05, 0.1) is 0 Å². The van der Waals surface area contributed by atoms with Gasteiger partial charge in [0, 0.05) is 17.1 Å². The zero-order valence-electron chi connectivity index (χ0n) is 9.67. The van der Waals surface area contributed by atoms with E-state index in [1.807, 2.05) is 0 Å². The molecule has 1 aliphatic carbocycles. The molecule has 0 aliphatic heterocycles. The molecule has 0 bridgehead atoms. The van der Waals surface area contributed by atoms with Gasteiger partial charge in [-0.05, 0) is 43.4 Å². The van der Waals surface area contributed by atoms with E-state index in [1.165, 1.54) is 28.5 Å². The van der Waals surface area contributed by atoms with Crippen LogP contribution in [0.1, 0.15) is 31.2 Å². The minimum absolute atomic E-state index is 0.681. The molecule has 1 aromatic rings. The molecule has 2 heteroatoms. The molecule has 1 fully saturated rings. The fraction of sp³-hybridized carbons (Fsp3) is 0.429. The Morgan fingerprint density at radius 2 is 2.25 bits per heavy atom. The summed E-state index contributed by atoms with van der Waals surface area (Å²) >= 11 is 3.52. The lowest BCUT2D eigenvalue weighted by molar-refractivity contribution is 0.298. The molecule has 0 heterocycles. The number of benzene rings is 1. The lowest BCUT2D eigenvalue weighted by Crippen LogP contribution is -2.40. The van der Waals surface area contributed by atoms with Crippen molar-refractivity contribution in [1.82, 2.24) is 5.32 Å². The van der Waals surface area contributed by atoms with Crippen LogP contribution in [0.4, 0.5) is 0 Å². The maximum Gasteiger partial charge on any atom is 0.0178 e. The highest BCUT2D eigenvalue weighted by molar-refractivity contribution is 9.10. The predicted octanol–water partition coefficient (Wildman–Crippen LogP) is 3.86. The van der Waals surface area contributed by atoms with Crippen molar-refractivity contribution in [2.45, 2.75) is 31.7 Å². The van der Waals surface area contributed by atoms with Crippen molar-refractivity contribution in [3.63, 3.8) is 0 Å². The summed E-state index contributed by atoms with van der Waals surface area (Å²) in [5.41, 5.74) is 2.67. The summed E-state index contributed by atoms with van der Waals surface area (Å²) in [7, 11) is 0. The summed E-state index contributed by atoms with van der Waals surface area (Å²) in [4.78, 5) is 0. The SMILES string of the molecule is C=C(C)CNC1CC(c2cccc(Br)c2)C1. The molecule has 86 valence electrons. The van der Waals surface area contributed by atoms with E-state index in [2.05, 4.69) is 59.0 Å². The molecule has 1 N–H and O–H groups in total. The van der Waals surface area contributed by atoms with Gasteiger partial charge in [-0.1, -0.05) is 40.2 Å². The molecular formula is C14H18BrN. The van der Waals surface area contributed by atoms with Crippen molar-refractivity contribution in [2.24, 2.45) is 0 Å². The van der Waals surface area contributed by atoms with Crippen molar-refractivity contribution in [1.29, 1.82) is 0 Å². The molecule has 0 atom stereocenters. The highest BCUT2D eigenvalue weighted by atomic mass is 79.9. The topological polar surface area (TPSA) is 12.0 Å². The Morgan fingerprint density at radius 1 is 1.50 bits per heavy atom. The molecule has 0 aromatic heterocycles. The van der Waals surface area contributed by atoms with Gasteiger partial charge in [-0.25, -0.2) is 0 Å². The fourth-order valence-corrected chi connectivity index (χ4v) is 2.55. The van der Waals surface area contributed by atoms with Crippen LogP contribution in [-0.2, 0) is 0 Å². The Kier molecular flexibility index (Phi) is 3.82. The molecule has 0 unspecified atom stereocenters. The van der Waals surface area contributed by atoms with Crippen LogP contribution in [0.2, 0.25) is 0 Å². The van der Waals surface area contributed by atoms with E-state index in [-0.39, 0.29) is 0 Å². The maximum absolute atomic E-state index is 3.91. The molecule has 0 radical (unpaired) electrons. The number of hydrogen-bond donors (Lipinski definition) is 1. The average Bonchev–Trinajstić information content (AvgIpc) is 2.14. The fourth-order valence-electron chi connectivity index (χ4n) is 2.14. The van der Waals surface area contributed by atoms with Crippen molar-refractivity contribution >= 4 is 15.9 Å². The summed E-state index contributed by atoms with van der Waals surface area (Å²) in [5.74, 6) is 0.736. The van der Waals surface area contributed by atoms with Gasteiger partial charge in [0.1, 0.15) is 0 Å². The molecule has 0 amide bonds. The van der Waals surface area contributed by atoms with Crippen molar-refractivity contribution in [2.75, 3.05) is 6.54 Å². The van der Waals surface area contributed by atoms with Crippen LogP contribution in [0.5, 0.6) is 0 Å². The first-order valence-electron chi connectivity index (χ1n) is 5.78. The third kappa shape index (κ3) is 2.96. The van der Waals surface area contributed by atoms with E-state index in [9.17, 15) is 0 Å². The summed E-state index contributed by atoms with van der Waals surface area (Å²) < 4.78 is 1.18. The van der Waals surface area contributed by atoms with Gasteiger partial charge in [0.25, 0.3) is 0 Å². The van der Waals surface area contributed by atoms with Crippen molar-refractivity contribution < 1.29 is 0 Å². The molecule has 0 spiro atoms. The van der Waals surface area contributed by atoms with Gasteiger partial charge in [-0.2, -0.15) is 0 Å². The van der Waals surface area contributed by atoms with Gasteiger partial charge >= 0.3 is 0 Å². The smallest absolute Gasteiger partial charge is 0.0178 e. The Bertz CT molecular complexity index is 380. The minimum Gasteiger partial charge on any atom is -0.310 e. The van der Waals surface area contributed by atoms with Crippen LogP contribution in [0, 0.1) is 0 Å². The van der Waals surface area contributed by atoms with Crippen LogP contribution in [0.3, 0.4) is 0 Å². The molecular weight excluding hydrogens is 262 g/mol. The Labute approximate surface area is 106 Å². The number of nitrogens with one attached hydrogen (secondary N) is 1. The van der Waals surface area contributed by atoms with Gasteiger partial charge in [-0.3, -0.25) is 0 Å². The van der Waals surface area contributed by atoms with Crippen molar-refractivity contribution in [3.8, 4) is 0 Å². The summed E-state index contributed by atoms with van der Waals surface area (Å²) in [6.07, 6.45) is 2.51. The second-order valence-corrected chi connectivity index (χ2v) is 5.67. The molecule has 1 aromatic carbocycles. The van der Waals surface area contributed by atoms with Gasteiger partial charge in [0.15, 0.2) is 0 Å². The molecule has 1 aliphatic rings. The van der Waals surface area contributed by atoms with Crippen molar-refractivity contribution in [3.05, 3.63) is 46.5 Å². The lowest BCUT2D eigenvalue weighted by atomic mass is 9.76. The standard InChI is InChI=1S/C14H18BrN/c1-10(2)9-16-14-7-12(8-14)11-4-3-5-13(15)6-11/h3-6,12,14,16H,1,7-9H2,2H3. The zero-order valence-corrected chi connectivity index (χ0v) is 11.3. The molecule has 16 heavy (non-hydrogen) atoms. The van der Waals surface area contributed by atoms with E-state index < -0.39 is 0 Å². The first-order chi connectivity index (χ1) is 7.65. The number of hydrogen-bond acceptors (Lipinski definition) is 1. The maximum atomic E-state index is 3.91. The quantitative estimate of drug-likeness (QED) is 0.826. The summed E-state index contributed by atoms with van der Waals surface area (Å²) in [6, 6.07) is 9.34. The van der Waals surface area contributed by atoms with Crippen LogP contribution >= 0.6 is 15.9 Å². The first kappa shape index (κ1) is 11.9. The zero-order chi connectivity index (χ0) is 11.5. The first-order valence-corrected chi connectivity index (χ1v) is 6.57. The van der Waals surface area contributed by atoms with Gasteiger partial charge in [0.2, 0.25) is 0 Å². The highest BCUT2D eigenvalue weighted by Crippen LogP contribution is 2.37. The Hall–Kier alpha value is -0.600. The monoisotopic (exact) mass is 279 g/mol. The summed E-state index contributed by atoms with van der Waals surface area (Å²) in [6.45, 7) is 6.93. The third-order valence-corrected chi connectivity index (χ3v) is 3.64. The molecule has 1 saturated carbocycles. The van der Waals surface area contributed by atoms with E-state index in [1.54, 1.807) is 0 Å². The Morgan fingerprint density at radius 3 is 2.88 bits per heavy atom. The largest absolute Gasteiger partial charge is 0.310 e. The van der Waals surface area contributed by atoms with Crippen LogP contribution in [0.15, 0.2) is 40.9 Å². The summed E-state index contributed by atoms with van der Waals surface area (Å²) in [5, 5.41) is 3.52. The second-order valence-electron chi connectivity index (χ2n) is 4.76. The van der Waals surface area contributed by atoms with Crippen LogP contribution in [-0.4, -0.2) is 12.6 Å². The van der Waals surface area contributed by atoms with Crippen LogP contribution in [0.25, 0.3) is 0 Å². The molecule has 1 nitrogen and oxygen atoms in total. The van der Waals surface area contributed by atoms with E-state index in [0.29, 0.717) is 6.04 Å². The minimum atomic E-state index is 0.681. The van der Waals surface area contributed by atoms with Gasteiger partial charge in [-0.15, -0.1) is 0 Å². The van der Waals surface area contributed by atoms with E-state index in [0.717, 1.165) is 12.5 Å². The predicted molar refractivity (Wildman–Crippen MR) is 72.7 cm³/mol. The highest BCUT2D eigenvalue weighted by Gasteiger charge is 2.29. The number of rotatable bonds is 4.